The van der Waals surface area contributed by atoms with Crippen LogP contribution < -0.4 is 8.81 Å². The Kier molecular flexibility index (Phi) is 4.08. The van der Waals surface area contributed by atoms with Gasteiger partial charge in [0.1, 0.15) is 0 Å². The van der Waals surface area contributed by atoms with Crippen LogP contribution in [0.1, 0.15) is 17.3 Å². The van der Waals surface area contributed by atoms with E-state index in [1.165, 1.54) is 25.1 Å². The predicted octanol–water partition coefficient (Wildman–Crippen LogP) is 0.153. The molecule has 0 heterocycles. The minimum atomic E-state index is -2.04. The topological polar surface area (TPSA) is 89.6 Å². The predicted molar refractivity (Wildman–Crippen MR) is 49.2 cm³/mol. The Morgan fingerprint density at radius 3 is 2.67 bits per heavy atom. The summed E-state index contributed by atoms with van der Waals surface area (Å²) < 4.78 is 5.67. The Balaban J connectivity index is 2.90. The van der Waals surface area contributed by atoms with E-state index in [2.05, 4.69) is 0 Å². The molecule has 76 valence electrons. The molecule has 1 aromatic carbocycles. The summed E-state index contributed by atoms with van der Waals surface area (Å²) in [7, 11) is 0. The molecule has 3 N–H and O–H groups in total. The number of carbonyl (C=O) groups is 2. The van der Waals surface area contributed by atoms with Crippen molar-refractivity contribution in [2.24, 2.45) is 0 Å². The summed E-state index contributed by atoms with van der Waals surface area (Å²) in [4.78, 5) is 21.3. The van der Waals surface area contributed by atoms with Crippen LogP contribution in [0.5, 0.6) is 0 Å². The van der Waals surface area contributed by atoms with Crippen molar-refractivity contribution >= 4 is 20.7 Å². The Labute approximate surface area is 99.3 Å². The van der Waals surface area contributed by atoms with Crippen molar-refractivity contribution in [3.05, 3.63) is 23.8 Å². The number of hydrogen-bond acceptors (Lipinski definition) is 4. The molecule has 0 aliphatic carbocycles. The van der Waals surface area contributed by atoms with Crippen LogP contribution in [0.3, 0.4) is 0 Å². The van der Waals surface area contributed by atoms with Gasteiger partial charge in [0.15, 0.2) is 0 Å². The number of nitrogen functional groups attached to an aromatic ring is 1. The van der Waals surface area contributed by atoms with E-state index < -0.39 is 31.0 Å². The SMILES string of the molecule is CC(=O)[O][Hg][c]1cc(C(=O)O)ccc1N. The van der Waals surface area contributed by atoms with Gasteiger partial charge in [-0.25, -0.2) is 0 Å². The number of aromatic carboxylic acids is 1. The summed E-state index contributed by atoms with van der Waals surface area (Å²) >= 11 is -2.04. The van der Waals surface area contributed by atoms with Gasteiger partial charge in [0.25, 0.3) is 0 Å². The molecule has 0 atom stereocenters. The van der Waals surface area contributed by atoms with Gasteiger partial charge in [-0.15, -0.1) is 0 Å². The molecule has 0 bridgehead atoms. The zero-order valence-corrected chi connectivity index (χ0v) is 13.7. The van der Waals surface area contributed by atoms with Crippen LogP contribution in [0.2, 0.25) is 0 Å². The van der Waals surface area contributed by atoms with E-state index >= 15 is 0 Å². The van der Waals surface area contributed by atoms with Crippen molar-refractivity contribution in [3.8, 4) is 0 Å². The fraction of sp³-hybridized carbons (Fsp3) is 0.111. The molecule has 6 heteroatoms. The molecule has 0 aromatic heterocycles. The molecule has 0 spiro atoms. The molecule has 15 heavy (non-hydrogen) atoms. The third-order valence-electron chi connectivity index (χ3n) is 1.82. The first kappa shape index (κ1) is 12.0. The van der Waals surface area contributed by atoms with E-state index in [9.17, 15) is 9.59 Å². The fourth-order valence-corrected chi connectivity index (χ4v) is 4.72. The first-order chi connectivity index (χ1) is 7.00. The third kappa shape index (κ3) is 3.51. The maximum absolute atomic E-state index is 10.7. The number of carboxylic acids is 1. The third-order valence-corrected chi connectivity index (χ3v) is 7.55. The maximum atomic E-state index is 10.7. The van der Waals surface area contributed by atoms with Gasteiger partial charge >= 0.3 is 99.5 Å². The van der Waals surface area contributed by atoms with Crippen molar-refractivity contribution in [2.45, 2.75) is 6.92 Å². The molecular weight excluding hydrogens is 387 g/mol. The molecule has 1 rings (SSSR count). The molecule has 1 aromatic rings. The number of carbonyl (C=O) groups excluding carboxylic acids is 1. The average molecular weight is 396 g/mol. The first-order valence-electron chi connectivity index (χ1n) is 4.25. The number of carboxylic acid groups (broad SMARTS) is 1. The van der Waals surface area contributed by atoms with Crippen LogP contribution in [0.25, 0.3) is 0 Å². The average Bonchev–Trinajstić information content (AvgIpc) is 2.16. The first-order valence-corrected chi connectivity index (χ1v) is 9.25. The number of nitrogens with two attached hydrogens (primary N) is 1. The second kappa shape index (κ2) is 5.11. The fourth-order valence-electron chi connectivity index (χ4n) is 1.04. The number of anilines is 1. The van der Waals surface area contributed by atoms with Crippen LogP contribution in [-0.4, -0.2) is 17.0 Å². The van der Waals surface area contributed by atoms with Crippen LogP contribution in [0.4, 0.5) is 5.69 Å². The molecule has 5 nitrogen and oxygen atoms in total. The van der Waals surface area contributed by atoms with Crippen LogP contribution >= 0.6 is 0 Å². The van der Waals surface area contributed by atoms with E-state index in [1.54, 1.807) is 0 Å². The number of hydrogen-bond donors (Lipinski definition) is 2. The van der Waals surface area contributed by atoms with Gasteiger partial charge in [-0.2, -0.15) is 0 Å². The second-order valence-electron chi connectivity index (χ2n) is 3.00. The molecular formula is C9H9HgNO4. The van der Waals surface area contributed by atoms with Crippen molar-refractivity contribution in [2.75, 3.05) is 5.73 Å². The molecule has 0 unspecified atom stereocenters. The molecule has 0 aliphatic rings. The van der Waals surface area contributed by atoms with Gasteiger partial charge < -0.3 is 0 Å². The normalized spacial score (nSPS) is 9.13. The van der Waals surface area contributed by atoms with E-state index in [-0.39, 0.29) is 11.5 Å². The Bertz CT molecular complexity index is 405. The number of rotatable bonds is 3. The summed E-state index contributed by atoms with van der Waals surface area (Å²) in [6, 6.07) is 4.45. The van der Waals surface area contributed by atoms with Crippen molar-refractivity contribution in [1.29, 1.82) is 0 Å². The summed E-state index contributed by atoms with van der Waals surface area (Å²) in [5.74, 6) is -1.34. The van der Waals surface area contributed by atoms with E-state index in [0.29, 0.717) is 8.76 Å². The standard InChI is InChI=1S/C7H6NO2.C2H4O2.Hg/c8-6-3-1-5(2-4-6)7(9)10;1-2(3)4;/h1-3H,8H2,(H,9,10);1H3,(H,3,4);/q;;+1/p-1. The summed E-state index contributed by atoms with van der Waals surface area (Å²) in [5.41, 5.74) is 6.32. The number of benzene rings is 1. The minimum absolute atomic E-state index is 0.173. The van der Waals surface area contributed by atoms with Gasteiger partial charge in [0.05, 0.1) is 0 Å². The summed E-state index contributed by atoms with van der Waals surface area (Å²) in [6.45, 7) is 1.33. The van der Waals surface area contributed by atoms with Crippen molar-refractivity contribution in [3.63, 3.8) is 0 Å². The van der Waals surface area contributed by atoms with Crippen LogP contribution in [0, 0.1) is 0 Å². The summed E-state index contributed by atoms with van der Waals surface area (Å²) in [5, 5.41) is 8.75. The van der Waals surface area contributed by atoms with Crippen LogP contribution in [-0.2, 0) is 32.5 Å². The Morgan fingerprint density at radius 1 is 1.47 bits per heavy atom. The zero-order valence-electron chi connectivity index (χ0n) is 8.19. The van der Waals surface area contributed by atoms with E-state index in [0.717, 1.165) is 0 Å². The monoisotopic (exact) mass is 397 g/mol. The Hall–Kier alpha value is -1.10. The molecule has 0 saturated carbocycles. The van der Waals surface area contributed by atoms with Gasteiger partial charge in [-0.1, -0.05) is 0 Å². The van der Waals surface area contributed by atoms with Crippen LogP contribution in [0.15, 0.2) is 18.2 Å². The molecule has 0 fully saturated rings. The Morgan fingerprint density at radius 2 is 2.13 bits per heavy atom. The van der Waals surface area contributed by atoms with Gasteiger partial charge in [-0.05, 0) is 0 Å². The van der Waals surface area contributed by atoms with E-state index in [4.69, 9.17) is 13.5 Å². The van der Waals surface area contributed by atoms with Crippen molar-refractivity contribution < 1.29 is 42.4 Å². The molecule has 0 aliphatic heterocycles. The quantitative estimate of drug-likeness (QED) is 0.562. The van der Waals surface area contributed by atoms with Gasteiger partial charge in [0.2, 0.25) is 0 Å². The van der Waals surface area contributed by atoms with Crippen molar-refractivity contribution in [1.82, 2.24) is 0 Å². The zero-order chi connectivity index (χ0) is 11.4. The van der Waals surface area contributed by atoms with Gasteiger partial charge in [0, 0.05) is 0 Å². The molecule has 0 amide bonds. The van der Waals surface area contributed by atoms with E-state index in [1.807, 2.05) is 0 Å². The molecule has 0 radical (unpaired) electrons. The van der Waals surface area contributed by atoms with Gasteiger partial charge in [-0.3, -0.25) is 0 Å². The molecule has 0 saturated heterocycles. The second-order valence-corrected chi connectivity index (χ2v) is 8.20. The summed E-state index contributed by atoms with van der Waals surface area (Å²) in [6.07, 6.45) is 0.